The van der Waals surface area contributed by atoms with Crippen molar-refractivity contribution in [2.75, 3.05) is 6.54 Å². The fourth-order valence-corrected chi connectivity index (χ4v) is 2.50. The molecule has 0 amide bonds. The molecule has 132 valence electrons. The van der Waals surface area contributed by atoms with Crippen molar-refractivity contribution in [3.8, 4) is 0 Å². The second-order valence-corrected chi connectivity index (χ2v) is 5.52. The van der Waals surface area contributed by atoms with E-state index in [0.29, 0.717) is 6.54 Å². The molecule has 0 saturated heterocycles. The Morgan fingerprint density at radius 1 is 1.12 bits per heavy atom. The predicted molar refractivity (Wildman–Crippen MR) is 111 cm³/mol. The Labute approximate surface area is 164 Å². The Hall–Kier alpha value is -2.16. The van der Waals surface area contributed by atoms with Crippen LogP contribution in [0.1, 0.15) is 31.3 Å². The number of fused-ring (bicyclic) bond motifs is 1. The van der Waals surface area contributed by atoms with E-state index < -0.39 is 0 Å². The van der Waals surface area contributed by atoms with Gasteiger partial charge in [0.2, 0.25) is 0 Å². The number of pyridine rings is 1. The second kappa shape index (κ2) is 9.36. The van der Waals surface area contributed by atoms with E-state index in [-0.39, 0.29) is 30.0 Å². The molecule has 0 fully saturated rings. The van der Waals surface area contributed by atoms with Crippen LogP contribution in [0.5, 0.6) is 0 Å². The summed E-state index contributed by atoms with van der Waals surface area (Å²) in [6.45, 7) is 5.43. The molecule has 1 atom stereocenters. The second-order valence-electron chi connectivity index (χ2n) is 5.52. The Bertz CT molecular complexity index is 815. The predicted octanol–water partition coefficient (Wildman–Crippen LogP) is 3.16. The van der Waals surface area contributed by atoms with E-state index in [1.807, 2.05) is 47.0 Å². The monoisotopic (exact) mass is 450 g/mol. The van der Waals surface area contributed by atoms with Gasteiger partial charge in [0.1, 0.15) is 6.54 Å². The third-order valence-electron chi connectivity index (χ3n) is 3.76. The van der Waals surface area contributed by atoms with Gasteiger partial charge in [-0.1, -0.05) is 36.4 Å². The summed E-state index contributed by atoms with van der Waals surface area (Å²) in [6.07, 6.45) is 1.95. The lowest BCUT2D eigenvalue weighted by atomic mass is 10.1. The van der Waals surface area contributed by atoms with Gasteiger partial charge in [0.15, 0.2) is 17.4 Å². The first-order valence-electron chi connectivity index (χ1n) is 8.16. The van der Waals surface area contributed by atoms with E-state index in [1.165, 1.54) is 5.56 Å². The van der Waals surface area contributed by atoms with Gasteiger partial charge in [0.05, 0.1) is 6.04 Å². The van der Waals surface area contributed by atoms with Crippen LogP contribution >= 0.6 is 24.0 Å². The van der Waals surface area contributed by atoms with Crippen LogP contribution < -0.4 is 10.6 Å². The van der Waals surface area contributed by atoms with Crippen molar-refractivity contribution in [1.82, 2.24) is 25.2 Å². The summed E-state index contributed by atoms with van der Waals surface area (Å²) in [6, 6.07) is 16.3. The van der Waals surface area contributed by atoms with Gasteiger partial charge in [-0.15, -0.1) is 34.2 Å². The minimum atomic E-state index is 0. The van der Waals surface area contributed by atoms with Crippen LogP contribution in [0.3, 0.4) is 0 Å². The minimum Gasteiger partial charge on any atom is -0.357 e. The first-order chi connectivity index (χ1) is 11.8. The number of guanidine groups is 1. The molecular formula is C18H23IN6. The molecule has 1 unspecified atom stereocenters. The van der Waals surface area contributed by atoms with E-state index >= 15 is 0 Å². The lowest BCUT2D eigenvalue weighted by Gasteiger charge is -2.18. The van der Waals surface area contributed by atoms with E-state index in [1.54, 1.807) is 0 Å². The zero-order chi connectivity index (χ0) is 16.8. The zero-order valence-electron chi connectivity index (χ0n) is 14.4. The van der Waals surface area contributed by atoms with Crippen LogP contribution in [0, 0.1) is 0 Å². The standard InChI is InChI=1S/C18H22N6.HI/c1-3-19-18(21-14(2)15-9-5-4-6-10-15)20-13-17-23-22-16-11-7-8-12-24(16)17;/h4-12,14H,3,13H2,1-2H3,(H2,19,20,21);1H. The lowest BCUT2D eigenvalue weighted by molar-refractivity contribution is 0.684. The molecule has 2 aromatic heterocycles. The van der Waals surface area contributed by atoms with Crippen molar-refractivity contribution in [1.29, 1.82) is 0 Å². The van der Waals surface area contributed by atoms with Crippen molar-refractivity contribution in [3.05, 3.63) is 66.1 Å². The Balaban J connectivity index is 0.00000225. The van der Waals surface area contributed by atoms with Crippen molar-refractivity contribution in [2.24, 2.45) is 4.99 Å². The molecule has 0 aliphatic rings. The first kappa shape index (κ1) is 19.2. The summed E-state index contributed by atoms with van der Waals surface area (Å²) >= 11 is 0. The summed E-state index contributed by atoms with van der Waals surface area (Å²) in [5, 5.41) is 15.1. The molecule has 0 radical (unpaired) electrons. The zero-order valence-corrected chi connectivity index (χ0v) is 16.7. The van der Waals surface area contributed by atoms with Crippen LogP contribution in [0.25, 0.3) is 5.65 Å². The van der Waals surface area contributed by atoms with Gasteiger partial charge in [-0.2, -0.15) is 0 Å². The summed E-state index contributed by atoms with van der Waals surface area (Å²) < 4.78 is 1.95. The van der Waals surface area contributed by atoms with Crippen LogP contribution in [-0.2, 0) is 6.54 Å². The van der Waals surface area contributed by atoms with E-state index in [9.17, 15) is 0 Å². The number of halogens is 1. The molecule has 0 spiro atoms. The maximum Gasteiger partial charge on any atom is 0.192 e. The quantitative estimate of drug-likeness (QED) is 0.356. The van der Waals surface area contributed by atoms with Gasteiger partial charge in [-0.05, 0) is 31.5 Å². The molecule has 6 nitrogen and oxygen atoms in total. The van der Waals surface area contributed by atoms with E-state index in [4.69, 9.17) is 0 Å². The normalized spacial score (nSPS) is 12.5. The molecule has 3 rings (SSSR count). The molecule has 7 heteroatoms. The Morgan fingerprint density at radius 3 is 2.64 bits per heavy atom. The fourth-order valence-electron chi connectivity index (χ4n) is 2.50. The number of hydrogen-bond donors (Lipinski definition) is 2. The van der Waals surface area contributed by atoms with Gasteiger partial charge in [-0.25, -0.2) is 4.99 Å². The van der Waals surface area contributed by atoms with Gasteiger partial charge >= 0.3 is 0 Å². The topological polar surface area (TPSA) is 66.6 Å². The Morgan fingerprint density at radius 2 is 1.88 bits per heavy atom. The summed E-state index contributed by atoms with van der Waals surface area (Å²) in [5.74, 6) is 1.58. The highest BCUT2D eigenvalue weighted by Crippen LogP contribution is 2.11. The van der Waals surface area contributed by atoms with Crippen molar-refractivity contribution >= 4 is 35.6 Å². The van der Waals surface area contributed by atoms with Crippen molar-refractivity contribution in [3.63, 3.8) is 0 Å². The molecule has 0 aliphatic carbocycles. The molecule has 1 aromatic carbocycles. The smallest absolute Gasteiger partial charge is 0.192 e. The van der Waals surface area contributed by atoms with Gasteiger partial charge < -0.3 is 10.6 Å². The molecule has 25 heavy (non-hydrogen) atoms. The number of hydrogen-bond acceptors (Lipinski definition) is 3. The highest BCUT2D eigenvalue weighted by atomic mass is 127. The number of benzene rings is 1. The molecule has 0 aliphatic heterocycles. The number of aromatic nitrogens is 3. The average molecular weight is 450 g/mol. The first-order valence-corrected chi connectivity index (χ1v) is 8.16. The number of nitrogens with zero attached hydrogens (tertiary/aromatic N) is 4. The summed E-state index contributed by atoms with van der Waals surface area (Å²) in [4.78, 5) is 4.64. The maximum atomic E-state index is 4.64. The maximum absolute atomic E-state index is 4.64. The average Bonchev–Trinajstić information content (AvgIpc) is 3.04. The fraction of sp³-hybridized carbons (Fsp3) is 0.278. The highest BCUT2D eigenvalue weighted by molar-refractivity contribution is 14.0. The number of aliphatic imine (C=N–C) groups is 1. The van der Waals surface area contributed by atoms with Crippen molar-refractivity contribution < 1.29 is 0 Å². The van der Waals surface area contributed by atoms with Crippen LogP contribution in [0.15, 0.2) is 59.7 Å². The number of nitrogens with one attached hydrogen (secondary N) is 2. The third kappa shape index (κ3) is 4.91. The van der Waals surface area contributed by atoms with E-state index in [2.05, 4.69) is 51.8 Å². The third-order valence-corrected chi connectivity index (χ3v) is 3.76. The van der Waals surface area contributed by atoms with Gasteiger partial charge in [0.25, 0.3) is 0 Å². The van der Waals surface area contributed by atoms with Crippen LogP contribution in [0.4, 0.5) is 0 Å². The molecular weight excluding hydrogens is 427 g/mol. The molecule has 3 aromatic rings. The van der Waals surface area contributed by atoms with Gasteiger partial charge in [-0.3, -0.25) is 4.40 Å². The van der Waals surface area contributed by atoms with Gasteiger partial charge in [0, 0.05) is 12.7 Å². The van der Waals surface area contributed by atoms with E-state index in [0.717, 1.165) is 24.0 Å². The number of rotatable bonds is 5. The SMILES string of the molecule is CCNC(=NCc1nnc2ccccn12)NC(C)c1ccccc1.I. The largest absolute Gasteiger partial charge is 0.357 e. The van der Waals surface area contributed by atoms with Crippen LogP contribution in [0.2, 0.25) is 0 Å². The van der Waals surface area contributed by atoms with Crippen molar-refractivity contribution in [2.45, 2.75) is 26.4 Å². The Kier molecular flexibility index (Phi) is 7.17. The molecule has 0 bridgehead atoms. The highest BCUT2D eigenvalue weighted by Gasteiger charge is 2.08. The minimum absolute atomic E-state index is 0. The molecule has 2 N–H and O–H groups in total. The molecule has 2 heterocycles. The molecule has 0 saturated carbocycles. The summed E-state index contributed by atoms with van der Waals surface area (Å²) in [7, 11) is 0. The lowest BCUT2D eigenvalue weighted by Crippen LogP contribution is -2.38. The van der Waals surface area contributed by atoms with Crippen LogP contribution in [-0.4, -0.2) is 27.1 Å². The summed E-state index contributed by atoms with van der Waals surface area (Å²) in [5.41, 5.74) is 2.05.